The lowest BCUT2D eigenvalue weighted by Crippen LogP contribution is -2.48. The largest absolute Gasteiger partial charge is 0.493 e. The summed E-state index contributed by atoms with van der Waals surface area (Å²) in [6.07, 6.45) is 8.96. The van der Waals surface area contributed by atoms with Crippen molar-refractivity contribution < 1.29 is 14.3 Å². The van der Waals surface area contributed by atoms with Gasteiger partial charge in [-0.1, -0.05) is 6.07 Å². The fourth-order valence-electron chi connectivity index (χ4n) is 6.94. The van der Waals surface area contributed by atoms with Gasteiger partial charge in [-0.15, -0.1) is 11.8 Å². The molecule has 1 unspecified atom stereocenters. The number of carbonyl (C=O) groups is 1. The van der Waals surface area contributed by atoms with Gasteiger partial charge in [0.05, 0.1) is 14.2 Å². The SMILES string of the molecule is COc1ccc(C2SCCN2C(=O)CC23CC4CC(CC(C4)C2)C3)cc1OC. The van der Waals surface area contributed by atoms with Crippen LogP contribution in [0.3, 0.4) is 0 Å². The molecule has 5 heteroatoms. The summed E-state index contributed by atoms with van der Waals surface area (Å²) in [7, 11) is 3.32. The van der Waals surface area contributed by atoms with Crippen LogP contribution < -0.4 is 9.47 Å². The third kappa shape index (κ3) is 3.20. The molecule has 4 nitrogen and oxygen atoms in total. The Morgan fingerprint density at radius 2 is 1.71 bits per heavy atom. The monoisotopic (exact) mass is 401 g/mol. The molecule has 5 aliphatic rings. The minimum absolute atomic E-state index is 0.0984. The molecule has 1 heterocycles. The van der Waals surface area contributed by atoms with E-state index in [0.29, 0.717) is 11.3 Å². The van der Waals surface area contributed by atoms with Crippen molar-refractivity contribution in [1.82, 2.24) is 4.90 Å². The van der Waals surface area contributed by atoms with Crippen LogP contribution in [0.4, 0.5) is 0 Å². The van der Waals surface area contributed by atoms with Crippen LogP contribution >= 0.6 is 11.8 Å². The molecule has 1 aliphatic heterocycles. The van der Waals surface area contributed by atoms with E-state index in [1.165, 1.54) is 38.5 Å². The molecule has 0 radical (unpaired) electrons. The molecule has 4 bridgehead atoms. The second kappa shape index (κ2) is 7.16. The molecule has 6 rings (SSSR count). The first-order valence-corrected chi connectivity index (χ1v) is 11.8. The number of rotatable bonds is 5. The number of hydrogen-bond donors (Lipinski definition) is 0. The van der Waals surface area contributed by atoms with Crippen molar-refractivity contribution in [2.24, 2.45) is 23.2 Å². The first-order valence-electron chi connectivity index (χ1n) is 10.7. The van der Waals surface area contributed by atoms with Crippen LogP contribution in [0.15, 0.2) is 18.2 Å². The smallest absolute Gasteiger partial charge is 0.224 e. The fourth-order valence-corrected chi connectivity index (χ4v) is 8.20. The third-order valence-corrected chi connectivity index (χ3v) is 8.86. The summed E-state index contributed by atoms with van der Waals surface area (Å²) < 4.78 is 10.9. The Balaban J connectivity index is 1.34. The molecule has 1 amide bonds. The van der Waals surface area contributed by atoms with Gasteiger partial charge in [0.25, 0.3) is 0 Å². The van der Waals surface area contributed by atoms with Gasteiger partial charge in [0.15, 0.2) is 11.5 Å². The Morgan fingerprint density at radius 3 is 2.32 bits per heavy atom. The standard InChI is InChI=1S/C23H31NO3S/c1-26-19-4-3-18(10-20(19)27-2)22-24(5-6-28-22)21(25)14-23-11-15-7-16(12-23)9-17(8-15)13-23/h3-4,10,15-17,22H,5-9,11-14H2,1-2H3. The minimum atomic E-state index is 0.0984. The molecular weight excluding hydrogens is 370 g/mol. The summed E-state index contributed by atoms with van der Waals surface area (Å²) in [5.41, 5.74) is 1.44. The minimum Gasteiger partial charge on any atom is -0.493 e. The predicted molar refractivity (Wildman–Crippen MR) is 112 cm³/mol. The lowest BCUT2D eigenvalue weighted by atomic mass is 9.49. The second-order valence-electron chi connectivity index (χ2n) is 9.52. The number of nitrogens with zero attached hydrogens (tertiary/aromatic N) is 1. The van der Waals surface area contributed by atoms with Crippen LogP contribution in [-0.2, 0) is 4.79 Å². The fraction of sp³-hybridized carbons (Fsp3) is 0.696. The first kappa shape index (κ1) is 18.7. The maximum absolute atomic E-state index is 13.4. The number of methoxy groups -OCH3 is 2. The Kier molecular flexibility index (Phi) is 4.77. The summed E-state index contributed by atoms with van der Waals surface area (Å²) in [5, 5.41) is 0.0984. The average molecular weight is 402 g/mol. The molecule has 4 saturated carbocycles. The van der Waals surface area contributed by atoms with Crippen LogP contribution in [0.5, 0.6) is 11.5 Å². The van der Waals surface area contributed by atoms with Crippen LogP contribution in [0.1, 0.15) is 55.9 Å². The molecule has 152 valence electrons. The van der Waals surface area contributed by atoms with Crippen molar-refractivity contribution in [2.75, 3.05) is 26.5 Å². The molecule has 0 aromatic heterocycles. The highest BCUT2D eigenvalue weighted by Crippen LogP contribution is 2.61. The van der Waals surface area contributed by atoms with Gasteiger partial charge < -0.3 is 14.4 Å². The van der Waals surface area contributed by atoms with E-state index in [-0.39, 0.29) is 5.37 Å². The van der Waals surface area contributed by atoms with E-state index in [0.717, 1.165) is 53.5 Å². The summed E-state index contributed by atoms with van der Waals surface area (Å²) in [5.74, 6) is 5.54. The van der Waals surface area contributed by atoms with Gasteiger partial charge in [0.1, 0.15) is 5.37 Å². The van der Waals surface area contributed by atoms with Crippen LogP contribution in [0, 0.1) is 23.2 Å². The van der Waals surface area contributed by atoms with Gasteiger partial charge in [-0.05, 0) is 79.4 Å². The van der Waals surface area contributed by atoms with Gasteiger partial charge in [0.2, 0.25) is 5.91 Å². The van der Waals surface area contributed by atoms with Gasteiger partial charge in [-0.25, -0.2) is 0 Å². The number of amides is 1. The van der Waals surface area contributed by atoms with Gasteiger partial charge in [-0.3, -0.25) is 4.79 Å². The maximum Gasteiger partial charge on any atom is 0.224 e. The van der Waals surface area contributed by atoms with Gasteiger partial charge >= 0.3 is 0 Å². The van der Waals surface area contributed by atoms with Crippen molar-refractivity contribution >= 4 is 17.7 Å². The van der Waals surface area contributed by atoms with E-state index in [1.807, 2.05) is 23.9 Å². The van der Waals surface area contributed by atoms with Crippen LogP contribution in [0.2, 0.25) is 0 Å². The lowest BCUT2D eigenvalue weighted by molar-refractivity contribution is -0.139. The third-order valence-electron chi connectivity index (χ3n) is 7.60. The van der Waals surface area contributed by atoms with Crippen LogP contribution in [0.25, 0.3) is 0 Å². The Labute approximate surface area is 172 Å². The molecule has 0 N–H and O–H groups in total. The first-order chi connectivity index (χ1) is 13.6. The van der Waals surface area contributed by atoms with E-state index in [4.69, 9.17) is 9.47 Å². The number of benzene rings is 1. The van der Waals surface area contributed by atoms with E-state index in [2.05, 4.69) is 11.0 Å². The second-order valence-corrected chi connectivity index (χ2v) is 10.7. The zero-order valence-corrected chi connectivity index (χ0v) is 17.8. The van der Waals surface area contributed by atoms with Crippen molar-refractivity contribution in [1.29, 1.82) is 0 Å². The zero-order chi connectivity index (χ0) is 19.3. The highest BCUT2D eigenvalue weighted by atomic mass is 32.2. The topological polar surface area (TPSA) is 38.8 Å². The average Bonchev–Trinajstić information content (AvgIpc) is 3.16. The number of carbonyl (C=O) groups excluding carboxylic acids is 1. The molecular formula is C23H31NO3S. The summed E-state index contributed by atoms with van der Waals surface area (Å²) >= 11 is 1.87. The molecule has 1 aromatic carbocycles. The molecule has 28 heavy (non-hydrogen) atoms. The quantitative estimate of drug-likeness (QED) is 0.705. The molecule has 1 atom stereocenters. The molecule has 5 fully saturated rings. The summed E-state index contributed by atoms with van der Waals surface area (Å²) in [4.78, 5) is 15.6. The molecule has 4 aliphatic carbocycles. The highest BCUT2D eigenvalue weighted by molar-refractivity contribution is 7.99. The number of hydrogen-bond acceptors (Lipinski definition) is 4. The van der Waals surface area contributed by atoms with E-state index >= 15 is 0 Å². The van der Waals surface area contributed by atoms with Crippen molar-refractivity contribution in [2.45, 2.75) is 50.3 Å². The maximum atomic E-state index is 13.4. The molecule has 1 saturated heterocycles. The Hall–Kier alpha value is -1.36. The summed E-state index contributed by atoms with van der Waals surface area (Å²) in [6, 6.07) is 6.07. The van der Waals surface area contributed by atoms with Gasteiger partial charge in [-0.2, -0.15) is 0 Å². The van der Waals surface area contributed by atoms with Crippen molar-refractivity contribution in [3.05, 3.63) is 23.8 Å². The van der Waals surface area contributed by atoms with E-state index < -0.39 is 0 Å². The number of thioether (sulfide) groups is 1. The molecule has 1 aromatic rings. The Bertz CT molecular complexity index is 729. The van der Waals surface area contributed by atoms with E-state index in [1.54, 1.807) is 14.2 Å². The zero-order valence-electron chi connectivity index (χ0n) is 17.0. The summed E-state index contributed by atoms with van der Waals surface area (Å²) in [6.45, 7) is 0.856. The Morgan fingerprint density at radius 1 is 1.07 bits per heavy atom. The normalized spacial score (nSPS) is 36.0. The predicted octanol–water partition coefficient (Wildman–Crippen LogP) is 4.88. The lowest BCUT2D eigenvalue weighted by Gasteiger charge is -2.57. The van der Waals surface area contributed by atoms with Crippen molar-refractivity contribution in [3.63, 3.8) is 0 Å². The van der Waals surface area contributed by atoms with Gasteiger partial charge in [0, 0.05) is 18.7 Å². The molecule has 0 spiro atoms. The van der Waals surface area contributed by atoms with E-state index in [9.17, 15) is 4.79 Å². The van der Waals surface area contributed by atoms with Crippen LogP contribution in [-0.4, -0.2) is 37.3 Å². The number of ether oxygens (including phenoxy) is 2. The highest BCUT2D eigenvalue weighted by Gasteiger charge is 2.52. The van der Waals surface area contributed by atoms with Crippen molar-refractivity contribution in [3.8, 4) is 11.5 Å².